The maximum Gasteiger partial charge on any atom is 0.314 e. The third kappa shape index (κ3) is 4.23. The molecule has 1 heterocycles. The van der Waals surface area contributed by atoms with Crippen LogP contribution in [-0.2, 0) is 20.9 Å². The average Bonchev–Trinajstić information content (AvgIpc) is 2.88. The van der Waals surface area contributed by atoms with Crippen molar-refractivity contribution in [2.24, 2.45) is 0 Å². The number of benzene rings is 1. The van der Waals surface area contributed by atoms with Gasteiger partial charge < -0.3 is 15.4 Å². The highest BCUT2D eigenvalue weighted by Crippen LogP contribution is 2.19. The topological polar surface area (TPSA) is 109 Å². The average molecular weight is 359 g/mol. The fourth-order valence-corrected chi connectivity index (χ4v) is 2.32. The molecule has 2 aromatic rings. The van der Waals surface area contributed by atoms with E-state index >= 15 is 0 Å². The number of methoxy groups -OCH3 is 1. The predicted octanol–water partition coefficient (Wildman–Crippen LogP) is 1.73. The summed E-state index contributed by atoms with van der Waals surface area (Å²) in [7, 11) is 1.58. The first-order chi connectivity index (χ1) is 12.4. The molecule has 0 fully saturated rings. The molecule has 2 amide bonds. The first-order valence-corrected chi connectivity index (χ1v) is 7.72. The second-order valence-corrected chi connectivity index (χ2v) is 5.48. The quantitative estimate of drug-likeness (QED) is 0.790. The van der Waals surface area contributed by atoms with Crippen LogP contribution in [-0.4, -0.2) is 35.3 Å². The molecule has 1 aromatic carbocycles. The van der Waals surface area contributed by atoms with Crippen LogP contribution in [0.25, 0.3) is 0 Å². The van der Waals surface area contributed by atoms with Crippen LogP contribution in [0.1, 0.15) is 17.0 Å². The lowest BCUT2D eigenvalue weighted by molar-refractivity contribution is -0.133. The molecule has 0 radical (unpaired) electrons. The van der Waals surface area contributed by atoms with Crippen molar-refractivity contribution in [3.05, 3.63) is 41.0 Å². The summed E-state index contributed by atoms with van der Waals surface area (Å²) in [5.41, 5.74) is 1.61. The normalized spacial score (nSPS) is 10.3. The van der Waals surface area contributed by atoms with Crippen LogP contribution in [0.2, 0.25) is 0 Å². The summed E-state index contributed by atoms with van der Waals surface area (Å²) in [6.07, 6.45) is 0. The third-order valence-electron chi connectivity index (χ3n) is 3.68. The molecule has 0 saturated heterocycles. The molecule has 0 unspecified atom stereocenters. The Hall–Kier alpha value is -3.25. The van der Waals surface area contributed by atoms with Gasteiger partial charge in [0.05, 0.1) is 35.8 Å². The van der Waals surface area contributed by atoms with Crippen molar-refractivity contribution in [2.75, 3.05) is 24.4 Å². The Bertz CT molecular complexity index is 885. The molecule has 8 nitrogen and oxygen atoms in total. The highest BCUT2D eigenvalue weighted by molar-refractivity contribution is 6.43. The number of carbonyl (C=O) groups excluding carboxylic acids is 2. The second kappa shape index (κ2) is 8.22. The van der Waals surface area contributed by atoms with Crippen molar-refractivity contribution < 1.29 is 18.7 Å². The Balaban J connectivity index is 2.09. The summed E-state index contributed by atoms with van der Waals surface area (Å²) in [6, 6.07) is 5.12. The molecule has 0 aliphatic heterocycles. The Morgan fingerprint density at radius 3 is 2.65 bits per heavy atom. The minimum absolute atomic E-state index is 0.146. The number of nitrogens with zero attached hydrogens (tertiary/aromatic N) is 3. The van der Waals surface area contributed by atoms with Gasteiger partial charge in [0.25, 0.3) is 0 Å². The maximum absolute atomic E-state index is 13.3. The maximum atomic E-state index is 13.3. The van der Waals surface area contributed by atoms with Crippen LogP contribution in [0, 0.1) is 31.0 Å². The molecule has 0 spiro atoms. The molecule has 26 heavy (non-hydrogen) atoms. The van der Waals surface area contributed by atoms with Gasteiger partial charge in [-0.15, -0.1) is 0 Å². The Kier molecular flexibility index (Phi) is 6.03. The lowest BCUT2D eigenvalue weighted by Crippen LogP contribution is -2.29. The molecule has 0 atom stereocenters. The SMILES string of the molecule is COCCn1nc(C)c(NC(=O)C(=O)Nc2ccc(F)c(C#N)c2)c1C. The minimum Gasteiger partial charge on any atom is -0.383 e. The van der Waals surface area contributed by atoms with Crippen LogP contribution in [0.15, 0.2) is 18.2 Å². The van der Waals surface area contributed by atoms with Crippen LogP contribution in [0.5, 0.6) is 0 Å². The Morgan fingerprint density at radius 2 is 2.00 bits per heavy atom. The molecule has 136 valence electrons. The summed E-state index contributed by atoms with van der Waals surface area (Å²) >= 11 is 0. The first-order valence-electron chi connectivity index (χ1n) is 7.72. The van der Waals surface area contributed by atoms with Gasteiger partial charge in [-0.1, -0.05) is 0 Å². The number of nitriles is 1. The number of ether oxygens (including phenoxy) is 1. The molecule has 0 bridgehead atoms. The fourth-order valence-electron chi connectivity index (χ4n) is 2.32. The number of hydrogen-bond acceptors (Lipinski definition) is 5. The lowest BCUT2D eigenvalue weighted by Gasteiger charge is -2.08. The first kappa shape index (κ1) is 19.1. The summed E-state index contributed by atoms with van der Waals surface area (Å²) in [5.74, 6) is -2.54. The Labute approximate surface area is 149 Å². The third-order valence-corrected chi connectivity index (χ3v) is 3.68. The fraction of sp³-hybridized carbons (Fsp3) is 0.294. The van der Waals surface area contributed by atoms with Gasteiger partial charge in [-0.05, 0) is 32.0 Å². The molecule has 0 aliphatic carbocycles. The number of hydrogen-bond donors (Lipinski definition) is 2. The lowest BCUT2D eigenvalue weighted by atomic mass is 10.2. The van der Waals surface area contributed by atoms with Crippen LogP contribution in [0.3, 0.4) is 0 Å². The van der Waals surface area contributed by atoms with Crippen molar-refractivity contribution >= 4 is 23.2 Å². The number of halogens is 1. The van der Waals surface area contributed by atoms with Crippen molar-refractivity contribution in [3.8, 4) is 6.07 Å². The summed E-state index contributed by atoms with van der Waals surface area (Å²) < 4.78 is 20.0. The molecule has 9 heteroatoms. The monoisotopic (exact) mass is 359 g/mol. The van der Waals surface area contributed by atoms with Crippen LogP contribution >= 0.6 is 0 Å². The predicted molar refractivity (Wildman–Crippen MR) is 92.0 cm³/mol. The zero-order valence-corrected chi connectivity index (χ0v) is 14.6. The van der Waals surface area contributed by atoms with E-state index in [4.69, 9.17) is 10.00 Å². The number of aromatic nitrogens is 2. The van der Waals surface area contributed by atoms with Gasteiger partial charge >= 0.3 is 11.8 Å². The van der Waals surface area contributed by atoms with E-state index in [0.29, 0.717) is 30.2 Å². The van der Waals surface area contributed by atoms with Gasteiger partial charge in [0.15, 0.2) is 0 Å². The van der Waals surface area contributed by atoms with Gasteiger partial charge in [0, 0.05) is 12.8 Å². The van der Waals surface area contributed by atoms with E-state index in [1.54, 1.807) is 31.7 Å². The molecular weight excluding hydrogens is 341 g/mol. The van der Waals surface area contributed by atoms with E-state index in [2.05, 4.69) is 15.7 Å². The largest absolute Gasteiger partial charge is 0.383 e. The molecule has 0 aliphatic rings. The highest BCUT2D eigenvalue weighted by Gasteiger charge is 2.19. The number of anilines is 2. The second-order valence-electron chi connectivity index (χ2n) is 5.48. The van der Waals surface area contributed by atoms with Gasteiger partial charge in [-0.3, -0.25) is 14.3 Å². The number of carbonyl (C=O) groups is 2. The van der Waals surface area contributed by atoms with E-state index in [0.717, 1.165) is 12.1 Å². The highest BCUT2D eigenvalue weighted by atomic mass is 19.1. The molecule has 2 N–H and O–H groups in total. The zero-order valence-electron chi connectivity index (χ0n) is 14.6. The van der Waals surface area contributed by atoms with E-state index in [-0.39, 0.29) is 11.3 Å². The summed E-state index contributed by atoms with van der Waals surface area (Å²) in [4.78, 5) is 24.2. The number of rotatable bonds is 5. The molecular formula is C17H18FN5O3. The van der Waals surface area contributed by atoms with Crippen molar-refractivity contribution in [1.29, 1.82) is 5.26 Å². The van der Waals surface area contributed by atoms with Crippen LogP contribution in [0.4, 0.5) is 15.8 Å². The van der Waals surface area contributed by atoms with Crippen LogP contribution < -0.4 is 10.6 Å². The molecule has 2 rings (SSSR count). The van der Waals surface area contributed by atoms with Crippen molar-refractivity contribution in [3.63, 3.8) is 0 Å². The zero-order chi connectivity index (χ0) is 19.3. The standard InChI is InChI=1S/C17H18FN5O3/c1-10-15(11(2)23(22-10)6-7-26-3)21-17(25)16(24)20-13-4-5-14(18)12(8-13)9-19/h4-5,8H,6-7H2,1-3H3,(H,20,24)(H,21,25). The van der Waals surface area contributed by atoms with E-state index in [1.165, 1.54) is 6.07 Å². The van der Waals surface area contributed by atoms with Gasteiger partial charge in [0.2, 0.25) is 0 Å². The van der Waals surface area contributed by atoms with Gasteiger partial charge in [-0.25, -0.2) is 4.39 Å². The van der Waals surface area contributed by atoms with Gasteiger partial charge in [-0.2, -0.15) is 10.4 Å². The molecule has 0 saturated carbocycles. The summed E-state index contributed by atoms with van der Waals surface area (Å²) in [6.45, 7) is 4.45. The summed E-state index contributed by atoms with van der Waals surface area (Å²) in [5, 5.41) is 17.9. The van der Waals surface area contributed by atoms with Crippen molar-refractivity contribution in [2.45, 2.75) is 20.4 Å². The number of nitrogens with one attached hydrogen (secondary N) is 2. The smallest absolute Gasteiger partial charge is 0.314 e. The van der Waals surface area contributed by atoms with E-state index in [9.17, 15) is 14.0 Å². The minimum atomic E-state index is -0.941. The van der Waals surface area contributed by atoms with E-state index in [1.807, 2.05) is 0 Å². The number of aryl methyl sites for hydroxylation is 1. The molecule has 1 aromatic heterocycles. The van der Waals surface area contributed by atoms with E-state index < -0.39 is 17.6 Å². The Morgan fingerprint density at radius 1 is 1.31 bits per heavy atom. The van der Waals surface area contributed by atoms with Gasteiger partial charge in [0.1, 0.15) is 11.9 Å². The number of amides is 2. The van der Waals surface area contributed by atoms with Crippen molar-refractivity contribution in [1.82, 2.24) is 9.78 Å².